The molecule has 32 heavy (non-hydrogen) atoms. The van der Waals surface area contributed by atoms with Gasteiger partial charge in [-0.1, -0.05) is 30.0 Å². The zero-order valence-electron chi connectivity index (χ0n) is 18.3. The molecule has 1 amide bonds. The lowest BCUT2D eigenvalue weighted by Gasteiger charge is -2.29. The van der Waals surface area contributed by atoms with Crippen molar-refractivity contribution < 1.29 is 9.18 Å². The second-order valence-corrected chi connectivity index (χ2v) is 10.2. The van der Waals surface area contributed by atoms with E-state index in [1.807, 2.05) is 13.8 Å². The average molecular weight is 476 g/mol. The van der Waals surface area contributed by atoms with E-state index in [2.05, 4.69) is 27.1 Å². The number of halogens is 1. The molecule has 1 saturated heterocycles. The van der Waals surface area contributed by atoms with Gasteiger partial charge in [0.2, 0.25) is 5.91 Å². The largest absolute Gasteiger partial charge is 0.348 e. The van der Waals surface area contributed by atoms with Crippen LogP contribution in [0.2, 0.25) is 0 Å². The number of thioether (sulfide) groups is 1. The predicted molar refractivity (Wildman–Crippen MR) is 128 cm³/mol. The predicted octanol–water partition coefficient (Wildman–Crippen LogP) is 4.54. The summed E-state index contributed by atoms with van der Waals surface area (Å²) in [4.78, 5) is 37.1. The van der Waals surface area contributed by atoms with E-state index in [-0.39, 0.29) is 29.1 Å². The number of piperidine rings is 1. The van der Waals surface area contributed by atoms with Crippen LogP contribution in [0.3, 0.4) is 0 Å². The Labute approximate surface area is 194 Å². The minimum atomic E-state index is -0.363. The Balaban J connectivity index is 1.56. The van der Waals surface area contributed by atoms with Gasteiger partial charge in [0.25, 0.3) is 5.56 Å². The average Bonchev–Trinajstić information content (AvgIpc) is 3.19. The first-order chi connectivity index (χ1) is 15.3. The van der Waals surface area contributed by atoms with Crippen LogP contribution in [0.15, 0.2) is 34.2 Å². The summed E-state index contributed by atoms with van der Waals surface area (Å²) in [6.07, 6.45) is 2.23. The summed E-state index contributed by atoms with van der Waals surface area (Å²) in [6, 6.07) is 5.48. The smallest absolute Gasteiger partial charge is 0.274 e. The van der Waals surface area contributed by atoms with E-state index < -0.39 is 0 Å². The van der Waals surface area contributed by atoms with Crippen molar-refractivity contribution in [2.75, 3.05) is 29.1 Å². The zero-order valence-corrected chi connectivity index (χ0v) is 19.9. The Morgan fingerprint density at radius 1 is 1.25 bits per heavy atom. The molecule has 4 rings (SSSR count). The van der Waals surface area contributed by atoms with Crippen LogP contribution in [0.25, 0.3) is 10.3 Å². The van der Waals surface area contributed by atoms with Gasteiger partial charge in [0.15, 0.2) is 15.9 Å². The number of thiazole rings is 1. The molecule has 1 aromatic carbocycles. The maximum absolute atomic E-state index is 13.2. The van der Waals surface area contributed by atoms with Crippen LogP contribution in [0.1, 0.15) is 39.7 Å². The van der Waals surface area contributed by atoms with Gasteiger partial charge in [-0.15, -0.1) is 0 Å². The lowest BCUT2D eigenvalue weighted by molar-refractivity contribution is -0.113. The lowest BCUT2D eigenvalue weighted by Crippen LogP contribution is -2.32. The van der Waals surface area contributed by atoms with E-state index >= 15 is 0 Å². The highest BCUT2D eigenvalue weighted by Crippen LogP contribution is 2.31. The molecule has 0 saturated carbocycles. The van der Waals surface area contributed by atoms with Crippen molar-refractivity contribution in [3.8, 4) is 0 Å². The van der Waals surface area contributed by atoms with E-state index in [4.69, 9.17) is 0 Å². The van der Waals surface area contributed by atoms with Crippen molar-refractivity contribution in [1.29, 1.82) is 0 Å². The first kappa shape index (κ1) is 22.7. The van der Waals surface area contributed by atoms with Crippen LogP contribution in [0.4, 0.5) is 15.2 Å². The molecular formula is C22H26FN5O2S2. The summed E-state index contributed by atoms with van der Waals surface area (Å²) in [6.45, 7) is 7.97. The van der Waals surface area contributed by atoms with Gasteiger partial charge < -0.3 is 10.2 Å². The zero-order chi connectivity index (χ0) is 22.8. The summed E-state index contributed by atoms with van der Waals surface area (Å²) in [5.74, 6) is 0.162. The number of aromatic nitrogens is 3. The number of fused-ring (bicyclic) bond motifs is 1. The number of amides is 1. The summed E-state index contributed by atoms with van der Waals surface area (Å²) >= 11 is 2.60. The number of hydrogen-bond acceptors (Lipinski definition) is 7. The van der Waals surface area contributed by atoms with Crippen molar-refractivity contribution in [3.63, 3.8) is 0 Å². The van der Waals surface area contributed by atoms with Crippen molar-refractivity contribution >= 4 is 50.2 Å². The number of benzene rings is 1. The molecule has 0 radical (unpaired) electrons. The van der Waals surface area contributed by atoms with Gasteiger partial charge in [0, 0.05) is 24.8 Å². The fraction of sp³-hybridized carbons (Fsp3) is 0.455. The van der Waals surface area contributed by atoms with E-state index in [1.165, 1.54) is 47.4 Å². The molecule has 1 fully saturated rings. The van der Waals surface area contributed by atoms with Crippen LogP contribution in [0, 0.1) is 11.7 Å². The number of carbonyl (C=O) groups excluding carboxylic acids is 1. The van der Waals surface area contributed by atoms with E-state index in [0.717, 1.165) is 31.1 Å². The first-order valence-electron chi connectivity index (χ1n) is 10.7. The molecule has 1 N–H and O–H groups in total. The molecule has 1 aliphatic rings. The summed E-state index contributed by atoms with van der Waals surface area (Å²) < 4.78 is 15.2. The minimum Gasteiger partial charge on any atom is -0.348 e. The maximum atomic E-state index is 13.2. The van der Waals surface area contributed by atoms with Gasteiger partial charge in [-0.3, -0.25) is 14.2 Å². The van der Waals surface area contributed by atoms with Crippen LogP contribution in [-0.4, -0.2) is 39.3 Å². The number of nitrogens with zero attached hydrogens (tertiary/aromatic N) is 4. The van der Waals surface area contributed by atoms with Crippen LogP contribution >= 0.6 is 23.1 Å². The van der Waals surface area contributed by atoms with E-state index in [0.29, 0.717) is 27.1 Å². The van der Waals surface area contributed by atoms with Crippen molar-refractivity contribution in [2.24, 2.45) is 5.92 Å². The number of rotatable bonds is 6. The van der Waals surface area contributed by atoms with Gasteiger partial charge >= 0.3 is 0 Å². The Morgan fingerprint density at radius 3 is 2.59 bits per heavy atom. The van der Waals surface area contributed by atoms with Gasteiger partial charge in [-0.05, 0) is 56.9 Å². The first-order valence-corrected chi connectivity index (χ1v) is 12.5. The molecule has 10 heteroatoms. The van der Waals surface area contributed by atoms with Crippen molar-refractivity contribution in [3.05, 3.63) is 40.4 Å². The molecule has 1 aliphatic heterocycles. The van der Waals surface area contributed by atoms with Crippen LogP contribution < -0.4 is 15.8 Å². The second-order valence-electron chi connectivity index (χ2n) is 8.33. The lowest BCUT2D eigenvalue weighted by atomic mass is 10.00. The topological polar surface area (TPSA) is 80.1 Å². The minimum absolute atomic E-state index is 0.0725. The molecule has 7 nitrogen and oxygen atoms in total. The summed E-state index contributed by atoms with van der Waals surface area (Å²) in [5.41, 5.74) is 0.828. The van der Waals surface area contributed by atoms with Crippen molar-refractivity contribution in [1.82, 2.24) is 14.5 Å². The Hall–Kier alpha value is -2.46. The third-order valence-electron chi connectivity index (χ3n) is 5.45. The van der Waals surface area contributed by atoms with Crippen LogP contribution in [0.5, 0.6) is 0 Å². The van der Waals surface area contributed by atoms with Gasteiger partial charge in [-0.2, -0.15) is 4.98 Å². The molecule has 0 aliphatic carbocycles. The van der Waals surface area contributed by atoms with E-state index in [9.17, 15) is 14.0 Å². The van der Waals surface area contributed by atoms with Crippen LogP contribution in [-0.2, 0) is 4.79 Å². The number of nitrogens with one attached hydrogen (secondary N) is 1. The molecule has 0 unspecified atom stereocenters. The summed E-state index contributed by atoms with van der Waals surface area (Å²) in [5, 5.41) is 4.03. The Morgan fingerprint density at radius 2 is 1.94 bits per heavy atom. The van der Waals surface area contributed by atoms with E-state index in [1.54, 1.807) is 4.57 Å². The molecular weight excluding hydrogens is 449 g/mol. The highest BCUT2D eigenvalue weighted by molar-refractivity contribution is 7.99. The normalized spacial score (nSPS) is 15.0. The maximum Gasteiger partial charge on any atom is 0.274 e. The molecule has 3 heterocycles. The molecule has 2 aromatic heterocycles. The van der Waals surface area contributed by atoms with Crippen molar-refractivity contribution in [2.45, 2.75) is 44.8 Å². The Kier molecular flexibility index (Phi) is 6.80. The molecule has 170 valence electrons. The highest BCUT2D eigenvalue weighted by Gasteiger charge is 2.23. The molecule has 3 aromatic rings. The summed E-state index contributed by atoms with van der Waals surface area (Å²) in [7, 11) is 0. The third-order valence-corrected chi connectivity index (χ3v) is 7.50. The van der Waals surface area contributed by atoms with Gasteiger partial charge in [-0.25, -0.2) is 9.37 Å². The molecule has 0 atom stereocenters. The highest BCUT2D eigenvalue weighted by atomic mass is 32.2. The number of hydrogen-bond donors (Lipinski definition) is 1. The third kappa shape index (κ3) is 4.96. The van der Waals surface area contributed by atoms with Gasteiger partial charge in [0.05, 0.1) is 5.75 Å². The number of carbonyl (C=O) groups is 1. The SMILES string of the molecule is CC1CCN(c2nc3nc(SCC(=O)Nc4ccc(F)cc4)n(C(C)C)c(=O)c3s2)CC1. The standard InChI is InChI=1S/C22H26FN5O2S2/c1-13(2)28-20(30)18-19(25-21(32-18)27-10-8-14(3)9-11-27)26-22(28)31-12-17(29)24-16-6-4-15(23)5-7-16/h4-7,13-14H,8-12H2,1-3H3,(H,24,29). The molecule has 0 spiro atoms. The second kappa shape index (κ2) is 9.58. The fourth-order valence-electron chi connectivity index (χ4n) is 3.61. The fourth-order valence-corrected chi connectivity index (χ4v) is 5.52. The quantitative estimate of drug-likeness (QED) is 0.417. The van der Waals surface area contributed by atoms with Gasteiger partial charge in [0.1, 0.15) is 10.5 Å². The monoisotopic (exact) mass is 475 g/mol. The molecule has 0 bridgehead atoms. The number of anilines is 2. The Bertz CT molecular complexity index is 1170.